The van der Waals surface area contributed by atoms with E-state index in [4.69, 9.17) is 5.26 Å². The second-order valence-corrected chi connectivity index (χ2v) is 2.49. The Balaban J connectivity index is 2.89. The van der Waals surface area contributed by atoms with Gasteiger partial charge in [0.2, 0.25) is 0 Å². The number of H-pyrrole nitrogens is 1. The number of aromatic nitrogens is 3. The second-order valence-electron chi connectivity index (χ2n) is 2.49. The Bertz CT molecular complexity index is 463. The van der Waals surface area contributed by atoms with Gasteiger partial charge in [-0.2, -0.15) is 5.26 Å². The smallest absolute Gasteiger partial charge is 0.168 e. The van der Waals surface area contributed by atoms with Crippen molar-refractivity contribution in [3.63, 3.8) is 0 Å². The summed E-state index contributed by atoms with van der Waals surface area (Å²) in [6.45, 7) is 1.85. The van der Waals surface area contributed by atoms with E-state index < -0.39 is 0 Å². The van der Waals surface area contributed by atoms with Crippen molar-refractivity contribution in [3.8, 4) is 6.07 Å². The van der Waals surface area contributed by atoms with Gasteiger partial charge in [0.1, 0.15) is 17.4 Å². The molecular formula is C8H6N4. The summed E-state index contributed by atoms with van der Waals surface area (Å²) in [4.78, 5) is 11.1. The largest absolute Gasteiger partial charge is 0.342 e. The zero-order valence-corrected chi connectivity index (χ0v) is 6.50. The average molecular weight is 158 g/mol. The van der Waals surface area contributed by atoms with Crippen LogP contribution in [0.4, 0.5) is 0 Å². The van der Waals surface area contributed by atoms with Gasteiger partial charge in [-0.25, -0.2) is 9.97 Å². The van der Waals surface area contributed by atoms with Crippen LogP contribution < -0.4 is 0 Å². The number of nitrogens with zero attached hydrogens (tertiary/aromatic N) is 3. The van der Waals surface area contributed by atoms with Crippen molar-refractivity contribution in [3.05, 3.63) is 23.8 Å². The van der Waals surface area contributed by atoms with Gasteiger partial charge < -0.3 is 4.98 Å². The molecule has 0 amide bonds. The maximum Gasteiger partial charge on any atom is 0.168 e. The molecule has 0 aromatic carbocycles. The first-order valence-electron chi connectivity index (χ1n) is 3.52. The fourth-order valence-electron chi connectivity index (χ4n) is 1.14. The lowest BCUT2D eigenvalue weighted by molar-refractivity contribution is 1.17. The molecule has 0 spiro atoms. The van der Waals surface area contributed by atoms with Crippen LogP contribution in [0.1, 0.15) is 11.5 Å². The second kappa shape index (κ2) is 2.31. The zero-order chi connectivity index (χ0) is 8.55. The molecular weight excluding hydrogens is 152 g/mol. The summed E-state index contributed by atoms with van der Waals surface area (Å²) < 4.78 is 0. The van der Waals surface area contributed by atoms with Crippen LogP contribution in [-0.4, -0.2) is 15.0 Å². The van der Waals surface area contributed by atoms with E-state index in [9.17, 15) is 0 Å². The SMILES string of the molecule is Cc1nc2c(C#N)nccc2[nH]1. The molecule has 4 heteroatoms. The lowest BCUT2D eigenvalue weighted by Gasteiger charge is -1.87. The van der Waals surface area contributed by atoms with Gasteiger partial charge in [0.15, 0.2) is 5.69 Å². The van der Waals surface area contributed by atoms with Gasteiger partial charge in [-0.05, 0) is 13.0 Å². The number of imidazole rings is 1. The Labute approximate surface area is 68.9 Å². The molecule has 0 radical (unpaired) electrons. The third-order valence-electron chi connectivity index (χ3n) is 1.63. The summed E-state index contributed by atoms with van der Waals surface area (Å²) >= 11 is 0. The van der Waals surface area contributed by atoms with Crippen molar-refractivity contribution >= 4 is 11.0 Å². The van der Waals surface area contributed by atoms with Gasteiger partial charge in [0.05, 0.1) is 5.52 Å². The molecule has 0 unspecified atom stereocenters. The molecule has 2 rings (SSSR count). The Hall–Kier alpha value is -1.89. The molecule has 58 valence electrons. The van der Waals surface area contributed by atoms with Gasteiger partial charge >= 0.3 is 0 Å². The van der Waals surface area contributed by atoms with E-state index in [0.29, 0.717) is 11.2 Å². The molecule has 2 aromatic rings. The Kier molecular flexibility index (Phi) is 1.31. The predicted molar refractivity (Wildman–Crippen MR) is 43.3 cm³/mol. The van der Waals surface area contributed by atoms with Crippen molar-refractivity contribution in [2.45, 2.75) is 6.92 Å². The van der Waals surface area contributed by atoms with E-state index in [0.717, 1.165) is 11.3 Å². The third-order valence-corrected chi connectivity index (χ3v) is 1.63. The van der Waals surface area contributed by atoms with E-state index >= 15 is 0 Å². The minimum atomic E-state index is 0.372. The van der Waals surface area contributed by atoms with Crippen LogP contribution in [0, 0.1) is 18.3 Å². The highest BCUT2D eigenvalue weighted by Gasteiger charge is 2.04. The first kappa shape index (κ1) is 6.80. The van der Waals surface area contributed by atoms with Gasteiger partial charge in [-0.1, -0.05) is 0 Å². The van der Waals surface area contributed by atoms with Crippen LogP contribution >= 0.6 is 0 Å². The predicted octanol–water partition coefficient (Wildman–Crippen LogP) is 1.14. The maximum absolute atomic E-state index is 8.68. The highest BCUT2D eigenvalue weighted by atomic mass is 14.9. The number of aryl methyl sites for hydroxylation is 1. The van der Waals surface area contributed by atoms with Crippen molar-refractivity contribution < 1.29 is 0 Å². The highest BCUT2D eigenvalue weighted by molar-refractivity contribution is 5.79. The van der Waals surface area contributed by atoms with Gasteiger partial charge in [-0.3, -0.25) is 0 Å². The van der Waals surface area contributed by atoms with Crippen LogP contribution in [0.15, 0.2) is 12.3 Å². The molecule has 4 nitrogen and oxygen atoms in total. The van der Waals surface area contributed by atoms with Crippen LogP contribution in [0.2, 0.25) is 0 Å². The zero-order valence-electron chi connectivity index (χ0n) is 6.50. The van der Waals surface area contributed by atoms with Gasteiger partial charge in [-0.15, -0.1) is 0 Å². The first-order chi connectivity index (χ1) is 5.81. The summed E-state index contributed by atoms with van der Waals surface area (Å²) in [5.41, 5.74) is 1.88. The quantitative estimate of drug-likeness (QED) is 0.625. The first-order valence-corrected chi connectivity index (χ1v) is 3.52. The van der Waals surface area contributed by atoms with E-state index in [1.165, 1.54) is 0 Å². The molecule has 1 N–H and O–H groups in total. The number of fused-ring (bicyclic) bond motifs is 1. The Morgan fingerprint density at radius 1 is 1.58 bits per heavy atom. The Morgan fingerprint density at radius 3 is 3.17 bits per heavy atom. The molecule has 0 bridgehead atoms. The summed E-state index contributed by atoms with van der Waals surface area (Å²) in [6.07, 6.45) is 1.60. The maximum atomic E-state index is 8.68. The normalized spacial score (nSPS) is 10.0. The summed E-state index contributed by atoms with van der Waals surface area (Å²) in [7, 11) is 0. The van der Waals surface area contributed by atoms with Crippen molar-refractivity contribution in [1.29, 1.82) is 5.26 Å². The van der Waals surface area contributed by atoms with Crippen molar-refractivity contribution in [1.82, 2.24) is 15.0 Å². The standard InChI is InChI=1S/C8H6N4/c1-5-11-6-2-3-10-7(4-9)8(6)12-5/h2-3H,1H3,(H,11,12). The number of nitriles is 1. The number of nitrogens with one attached hydrogen (secondary N) is 1. The molecule has 0 aliphatic carbocycles. The molecule has 0 aliphatic rings. The molecule has 0 atom stereocenters. The molecule has 0 fully saturated rings. The lowest BCUT2D eigenvalue weighted by Crippen LogP contribution is -1.82. The minimum Gasteiger partial charge on any atom is -0.342 e. The van der Waals surface area contributed by atoms with Crippen LogP contribution in [0.5, 0.6) is 0 Å². The molecule has 12 heavy (non-hydrogen) atoms. The minimum absolute atomic E-state index is 0.372. The molecule has 2 aromatic heterocycles. The summed E-state index contributed by atoms with van der Waals surface area (Å²) in [6, 6.07) is 3.79. The van der Waals surface area contributed by atoms with Crippen molar-refractivity contribution in [2.75, 3.05) is 0 Å². The molecule has 0 saturated heterocycles. The molecule has 0 aliphatic heterocycles. The van der Waals surface area contributed by atoms with E-state index in [1.54, 1.807) is 12.3 Å². The molecule has 2 heterocycles. The highest BCUT2D eigenvalue weighted by Crippen LogP contribution is 2.12. The summed E-state index contributed by atoms with van der Waals surface area (Å²) in [5.74, 6) is 0.800. The number of rotatable bonds is 0. The van der Waals surface area contributed by atoms with E-state index in [1.807, 2.05) is 13.0 Å². The number of hydrogen-bond acceptors (Lipinski definition) is 3. The van der Waals surface area contributed by atoms with Gasteiger partial charge in [0, 0.05) is 6.20 Å². The molecule has 0 saturated carbocycles. The van der Waals surface area contributed by atoms with Crippen molar-refractivity contribution in [2.24, 2.45) is 0 Å². The van der Waals surface area contributed by atoms with E-state index in [-0.39, 0.29) is 0 Å². The number of hydrogen-bond donors (Lipinski definition) is 1. The van der Waals surface area contributed by atoms with Crippen LogP contribution in [0.3, 0.4) is 0 Å². The monoisotopic (exact) mass is 158 g/mol. The van der Waals surface area contributed by atoms with Crippen LogP contribution in [-0.2, 0) is 0 Å². The van der Waals surface area contributed by atoms with E-state index in [2.05, 4.69) is 15.0 Å². The third kappa shape index (κ3) is 0.839. The Morgan fingerprint density at radius 2 is 2.42 bits per heavy atom. The summed E-state index contributed by atoms with van der Waals surface area (Å²) in [5, 5.41) is 8.68. The fourth-order valence-corrected chi connectivity index (χ4v) is 1.14. The number of pyridine rings is 1. The lowest BCUT2D eigenvalue weighted by atomic mass is 10.3. The number of aromatic amines is 1. The average Bonchev–Trinajstić information content (AvgIpc) is 2.44. The van der Waals surface area contributed by atoms with Gasteiger partial charge in [0.25, 0.3) is 0 Å². The fraction of sp³-hybridized carbons (Fsp3) is 0.125. The van der Waals surface area contributed by atoms with Crippen LogP contribution in [0.25, 0.3) is 11.0 Å². The topological polar surface area (TPSA) is 65.4 Å².